The van der Waals surface area contributed by atoms with Gasteiger partial charge in [0.05, 0.1) is 0 Å². The molecule has 0 spiro atoms. The van der Waals surface area contributed by atoms with Crippen LogP contribution in [-0.2, 0) is 14.4 Å². The second-order valence-electron chi connectivity index (χ2n) is 4.86. The van der Waals surface area contributed by atoms with Gasteiger partial charge in [0.1, 0.15) is 0 Å². The minimum atomic E-state index is -0.848. The Hall–Kier alpha value is -2.37. The third-order valence-electron chi connectivity index (χ3n) is 2.87. The van der Waals surface area contributed by atoms with Gasteiger partial charge in [-0.15, -0.1) is 0 Å². The minimum Gasteiger partial charge on any atom is -0.481 e. The number of amides is 2. The first-order chi connectivity index (χ1) is 9.88. The molecular formula is C15H20N2O4. The van der Waals surface area contributed by atoms with Gasteiger partial charge in [-0.2, -0.15) is 0 Å². The monoisotopic (exact) mass is 292 g/mol. The summed E-state index contributed by atoms with van der Waals surface area (Å²) in [5.74, 6) is -1.14. The fourth-order valence-electron chi connectivity index (χ4n) is 1.86. The van der Waals surface area contributed by atoms with E-state index in [-0.39, 0.29) is 18.2 Å². The number of carbonyl (C=O) groups excluding carboxylic acids is 2. The maximum Gasteiger partial charge on any atom is 0.303 e. The summed E-state index contributed by atoms with van der Waals surface area (Å²) < 4.78 is 0. The summed E-state index contributed by atoms with van der Waals surface area (Å²) in [4.78, 5) is 33.1. The Bertz CT molecular complexity index is 540. The molecule has 3 N–H and O–H groups in total. The van der Waals surface area contributed by atoms with Gasteiger partial charge in [-0.25, -0.2) is 0 Å². The molecule has 0 radical (unpaired) electrons. The van der Waals surface area contributed by atoms with Gasteiger partial charge >= 0.3 is 5.97 Å². The zero-order chi connectivity index (χ0) is 15.8. The lowest BCUT2D eigenvalue weighted by molar-refractivity contribution is -0.137. The Labute approximate surface area is 123 Å². The summed E-state index contributed by atoms with van der Waals surface area (Å²) >= 11 is 0. The molecule has 0 aliphatic rings. The SMILES string of the molecule is CC(=O)Nc1ccc(NC(=O)CCCCC(=O)O)cc1C. The van der Waals surface area contributed by atoms with Crippen LogP contribution in [0.15, 0.2) is 18.2 Å². The van der Waals surface area contributed by atoms with E-state index in [1.54, 1.807) is 18.2 Å². The summed E-state index contributed by atoms with van der Waals surface area (Å²) in [6.45, 7) is 3.28. The lowest BCUT2D eigenvalue weighted by atomic mass is 10.1. The van der Waals surface area contributed by atoms with Crippen molar-refractivity contribution in [3.63, 3.8) is 0 Å². The molecule has 0 saturated heterocycles. The number of anilines is 2. The van der Waals surface area contributed by atoms with Crippen molar-refractivity contribution in [2.45, 2.75) is 39.5 Å². The van der Waals surface area contributed by atoms with E-state index >= 15 is 0 Å². The zero-order valence-electron chi connectivity index (χ0n) is 12.2. The smallest absolute Gasteiger partial charge is 0.303 e. The number of hydrogen-bond donors (Lipinski definition) is 3. The van der Waals surface area contributed by atoms with Gasteiger partial charge in [-0.05, 0) is 43.5 Å². The van der Waals surface area contributed by atoms with E-state index in [9.17, 15) is 14.4 Å². The third kappa shape index (κ3) is 6.56. The second-order valence-corrected chi connectivity index (χ2v) is 4.86. The van der Waals surface area contributed by atoms with Crippen molar-refractivity contribution in [1.82, 2.24) is 0 Å². The number of rotatable bonds is 7. The van der Waals surface area contributed by atoms with Gasteiger partial charge in [0, 0.05) is 31.1 Å². The lowest BCUT2D eigenvalue weighted by Crippen LogP contribution is -2.12. The number of carbonyl (C=O) groups is 3. The second kappa shape index (κ2) is 8.04. The molecule has 1 rings (SSSR count). The molecule has 0 aliphatic heterocycles. The van der Waals surface area contributed by atoms with Gasteiger partial charge in [-0.3, -0.25) is 14.4 Å². The molecule has 114 valence electrons. The highest BCUT2D eigenvalue weighted by Gasteiger charge is 2.06. The van der Waals surface area contributed by atoms with Crippen LogP contribution in [-0.4, -0.2) is 22.9 Å². The van der Waals surface area contributed by atoms with Crippen molar-refractivity contribution in [1.29, 1.82) is 0 Å². The van der Waals surface area contributed by atoms with E-state index in [2.05, 4.69) is 10.6 Å². The number of aryl methyl sites for hydroxylation is 1. The molecule has 0 heterocycles. The van der Waals surface area contributed by atoms with Crippen molar-refractivity contribution in [3.05, 3.63) is 23.8 Å². The third-order valence-corrected chi connectivity index (χ3v) is 2.87. The number of aliphatic carboxylic acids is 1. The van der Waals surface area contributed by atoms with E-state index in [0.29, 0.717) is 30.6 Å². The quantitative estimate of drug-likeness (QED) is 0.673. The number of hydrogen-bond acceptors (Lipinski definition) is 3. The molecule has 21 heavy (non-hydrogen) atoms. The number of carboxylic acids is 1. The number of nitrogens with one attached hydrogen (secondary N) is 2. The van der Waals surface area contributed by atoms with Crippen LogP contribution in [0.4, 0.5) is 11.4 Å². The van der Waals surface area contributed by atoms with Gasteiger partial charge in [-0.1, -0.05) is 0 Å². The van der Waals surface area contributed by atoms with Crippen LogP contribution < -0.4 is 10.6 Å². The van der Waals surface area contributed by atoms with Crippen LogP contribution in [0.1, 0.15) is 38.2 Å². The molecule has 0 fully saturated rings. The van der Waals surface area contributed by atoms with Gasteiger partial charge in [0.25, 0.3) is 0 Å². The number of unbranched alkanes of at least 4 members (excludes halogenated alkanes) is 1. The van der Waals surface area contributed by atoms with Crippen molar-refractivity contribution in [2.24, 2.45) is 0 Å². The molecule has 0 atom stereocenters. The normalized spacial score (nSPS) is 10.0. The Morgan fingerprint density at radius 3 is 2.33 bits per heavy atom. The van der Waals surface area contributed by atoms with Gasteiger partial charge < -0.3 is 15.7 Å². The van der Waals surface area contributed by atoms with E-state index < -0.39 is 5.97 Å². The zero-order valence-corrected chi connectivity index (χ0v) is 12.2. The molecule has 1 aromatic rings. The van der Waals surface area contributed by atoms with Crippen LogP contribution in [0.5, 0.6) is 0 Å². The first kappa shape index (κ1) is 16.7. The molecule has 0 bridgehead atoms. The van der Waals surface area contributed by atoms with E-state index in [1.165, 1.54) is 6.92 Å². The highest BCUT2D eigenvalue weighted by Crippen LogP contribution is 2.20. The highest BCUT2D eigenvalue weighted by molar-refractivity contribution is 5.92. The maximum atomic E-state index is 11.7. The average molecular weight is 292 g/mol. The van der Waals surface area contributed by atoms with Gasteiger partial charge in [0.15, 0.2) is 0 Å². The Balaban J connectivity index is 2.47. The predicted molar refractivity (Wildman–Crippen MR) is 80.2 cm³/mol. The Morgan fingerprint density at radius 2 is 1.76 bits per heavy atom. The molecule has 6 heteroatoms. The Kier molecular flexibility index (Phi) is 6.39. The molecule has 1 aromatic carbocycles. The largest absolute Gasteiger partial charge is 0.481 e. The summed E-state index contributed by atoms with van der Waals surface area (Å²) in [6.07, 6.45) is 1.40. The van der Waals surface area contributed by atoms with Crippen LogP contribution in [0.2, 0.25) is 0 Å². The van der Waals surface area contributed by atoms with Crippen LogP contribution in [0, 0.1) is 6.92 Å². The lowest BCUT2D eigenvalue weighted by Gasteiger charge is -2.10. The van der Waals surface area contributed by atoms with Crippen molar-refractivity contribution < 1.29 is 19.5 Å². The fourth-order valence-corrected chi connectivity index (χ4v) is 1.86. The summed E-state index contributed by atoms with van der Waals surface area (Å²) in [7, 11) is 0. The average Bonchev–Trinajstić information content (AvgIpc) is 2.37. The van der Waals surface area contributed by atoms with E-state index in [4.69, 9.17) is 5.11 Å². The first-order valence-corrected chi connectivity index (χ1v) is 6.78. The molecule has 0 unspecified atom stereocenters. The molecule has 6 nitrogen and oxygen atoms in total. The summed E-state index contributed by atoms with van der Waals surface area (Å²) in [5, 5.41) is 14.0. The standard InChI is InChI=1S/C15H20N2O4/c1-10-9-12(7-8-13(10)16-11(2)18)17-14(19)5-3-4-6-15(20)21/h7-9H,3-6H2,1-2H3,(H,16,18)(H,17,19)(H,20,21). The molecule has 0 saturated carbocycles. The molecule has 0 aliphatic carbocycles. The Morgan fingerprint density at radius 1 is 1.10 bits per heavy atom. The molecule has 2 amide bonds. The number of benzene rings is 1. The number of carboxylic acid groups (broad SMARTS) is 1. The molecule has 0 aromatic heterocycles. The van der Waals surface area contributed by atoms with Crippen molar-refractivity contribution in [2.75, 3.05) is 10.6 Å². The highest BCUT2D eigenvalue weighted by atomic mass is 16.4. The van der Waals surface area contributed by atoms with Crippen molar-refractivity contribution in [3.8, 4) is 0 Å². The van der Waals surface area contributed by atoms with Crippen LogP contribution in [0.25, 0.3) is 0 Å². The van der Waals surface area contributed by atoms with Crippen LogP contribution >= 0.6 is 0 Å². The first-order valence-electron chi connectivity index (χ1n) is 6.78. The van der Waals surface area contributed by atoms with Crippen molar-refractivity contribution >= 4 is 29.2 Å². The minimum absolute atomic E-state index is 0.0812. The van der Waals surface area contributed by atoms with Crippen LogP contribution in [0.3, 0.4) is 0 Å². The maximum absolute atomic E-state index is 11.7. The van der Waals surface area contributed by atoms with E-state index in [0.717, 1.165) is 5.56 Å². The van der Waals surface area contributed by atoms with E-state index in [1.807, 2.05) is 6.92 Å². The summed E-state index contributed by atoms with van der Waals surface area (Å²) in [5.41, 5.74) is 2.22. The van der Waals surface area contributed by atoms with Gasteiger partial charge in [0.2, 0.25) is 11.8 Å². The predicted octanol–water partition coefficient (Wildman–Crippen LogP) is 2.54. The topological polar surface area (TPSA) is 95.5 Å². The fraction of sp³-hybridized carbons (Fsp3) is 0.400. The summed E-state index contributed by atoms with van der Waals surface area (Å²) in [6, 6.07) is 5.23. The molecular weight excluding hydrogens is 272 g/mol.